The van der Waals surface area contributed by atoms with Crippen LogP contribution in [0.2, 0.25) is 0 Å². The molecule has 4 rings (SSSR count). The first-order valence-corrected chi connectivity index (χ1v) is 14.5. The Morgan fingerprint density at radius 2 is 1.97 bits per heavy atom. The summed E-state index contributed by atoms with van der Waals surface area (Å²) in [6.07, 6.45) is 0.152. The molecule has 11 heteroatoms. The van der Waals surface area contributed by atoms with Crippen molar-refractivity contribution < 1.29 is 17.6 Å². The molecule has 1 atom stereocenters. The molecule has 186 valence electrons. The summed E-state index contributed by atoms with van der Waals surface area (Å²) in [6, 6.07) is 5.45. The third-order valence-corrected chi connectivity index (χ3v) is 8.26. The van der Waals surface area contributed by atoms with Gasteiger partial charge in [0.2, 0.25) is 15.9 Å². The van der Waals surface area contributed by atoms with E-state index in [1.54, 1.807) is 28.6 Å². The molecular weight excluding hydrogens is 504 g/mol. The van der Waals surface area contributed by atoms with Gasteiger partial charge in [-0.1, -0.05) is 13.8 Å². The molecule has 0 radical (unpaired) electrons. The lowest BCUT2D eigenvalue weighted by atomic mass is 10.1. The third-order valence-electron chi connectivity index (χ3n) is 5.33. The highest BCUT2D eigenvalue weighted by Crippen LogP contribution is 2.23. The average Bonchev–Trinajstić information content (AvgIpc) is 3.52. The lowest BCUT2D eigenvalue weighted by molar-refractivity contribution is -0.134. The summed E-state index contributed by atoms with van der Waals surface area (Å²) in [7, 11) is -4.00. The monoisotopic (exact) mass is 532 g/mol. The molecule has 0 bridgehead atoms. The molecule has 0 aliphatic carbocycles. The maximum Gasteiger partial charge on any atom is 0.241 e. The van der Waals surface area contributed by atoms with Crippen LogP contribution >= 0.6 is 22.7 Å². The fourth-order valence-corrected chi connectivity index (χ4v) is 6.27. The fourth-order valence-electron chi connectivity index (χ4n) is 3.87. The molecule has 35 heavy (non-hydrogen) atoms. The number of rotatable bonds is 10. The van der Waals surface area contributed by atoms with Gasteiger partial charge in [0.25, 0.3) is 0 Å². The van der Waals surface area contributed by atoms with Gasteiger partial charge >= 0.3 is 0 Å². The fraction of sp³-hybridized carbons (Fsp3) is 0.375. The van der Waals surface area contributed by atoms with Gasteiger partial charge < -0.3 is 9.32 Å². The lowest BCUT2D eigenvalue weighted by Gasteiger charge is -2.28. The van der Waals surface area contributed by atoms with Gasteiger partial charge in [0.1, 0.15) is 17.4 Å². The molecule has 3 heterocycles. The van der Waals surface area contributed by atoms with E-state index in [4.69, 9.17) is 4.42 Å². The number of carbonyl (C=O) groups is 1. The summed E-state index contributed by atoms with van der Waals surface area (Å²) < 4.78 is 35.0. The van der Waals surface area contributed by atoms with Gasteiger partial charge in [-0.15, -0.1) is 22.7 Å². The van der Waals surface area contributed by atoms with Gasteiger partial charge in [-0.2, -0.15) is 4.72 Å². The summed E-state index contributed by atoms with van der Waals surface area (Å²) in [5, 5.41) is 5.36. The number of furan rings is 1. The number of hydrogen-bond acceptors (Lipinski definition) is 8. The Morgan fingerprint density at radius 3 is 2.63 bits per heavy atom. The number of nitrogens with one attached hydrogen (secondary N) is 1. The van der Waals surface area contributed by atoms with Gasteiger partial charge in [0.05, 0.1) is 33.3 Å². The summed E-state index contributed by atoms with van der Waals surface area (Å²) in [4.78, 5) is 24.3. The molecule has 0 saturated heterocycles. The van der Waals surface area contributed by atoms with Crippen LogP contribution in [0.4, 0.5) is 0 Å². The van der Waals surface area contributed by atoms with E-state index < -0.39 is 16.1 Å². The Kier molecular flexibility index (Phi) is 7.70. The van der Waals surface area contributed by atoms with Gasteiger partial charge in [-0.25, -0.2) is 18.4 Å². The zero-order valence-electron chi connectivity index (χ0n) is 20.0. The Labute approximate surface area is 213 Å². The highest BCUT2D eigenvalue weighted by atomic mass is 32.2. The van der Waals surface area contributed by atoms with Crippen molar-refractivity contribution in [1.82, 2.24) is 19.6 Å². The van der Waals surface area contributed by atoms with Crippen molar-refractivity contribution >= 4 is 49.6 Å². The topological polar surface area (TPSA) is 105 Å². The summed E-state index contributed by atoms with van der Waals surface area (Å²) in [5.74, 6) is 0.587. The third kappa shape index (κ3) is 6.35. The quantitative estimate of drug-likeness (QED) is 0.322. The first-order chi connectivity index (χ1) is 16.6. The van der Waals surface area contributed by atoms with E-state index in [1.165, 1.54) is 28.7 Å². The Bertz CT molecular complexity index is 1410. The normalized spacial score (nSPS) is 12.9. The van der Waals surface area contributed by atoms with E-state index in [9.17, 15) is 13.2 Å². The Morgan fingerprint density at radius 1 is 1.17 bits per heavy atom. The predicted molar refractivity (Wildman–Crippen MR) is 138 cm³/mol. The second kappa shape index (κ2) is 10.6. The number of amides is 1. The van der Waals surface area contributed by atoms with Crippen molar-refractivity contribution in [2.75, 3.05) is 6.54 Å². The zero-order valence-corrected chi connectivity index (χ0v) is 22.5. The number of sulfonamides is 1. The van der Waals surface area contributed by atoms with Gasteiger partial charge in [-0.05, 0) is 44.0 Å². The minimum Gasteiger partial charge on any atom is -0.461 e. The molecule has 8 nitrogen and oxygen atoms in total. The Balaban J connectivity index is 1.64. The van der Waals surface area contributed by atoms with Crippen molar-refractivity contribution in [2.45, 2.75) is 51.6 Å². The standard InChI is InChI=1S/C24H28N4O4S3/c1-15(2)10-28(11-20-13-34-17(4)26-20)24(29)22(9-19-12-33-14-25-19)27-35(30,31)21-5-6-23-18(8-21)7-16(3)32-23/h5-8,12-15,22,27H,9-11H2,1-4H3/t22-/m0/s1. The van der Waals surface area contributed by atoms with Crippen LogP contribution in [0.25, 0.3) is 11.0 Å². The number of hydrogen-bond donors (Lipinski definition) is 1. The van der Waals surface area contributed by atoms with Gasteiger partial charge in [-0.3, -0.25) is 4.79 Å². The molecule has 0 fully saturated rings. The first-order valence-electron chi connectivity index (χ1n) is 11.2. The smallest absolute Gasteiger partial charge is 0.241 e. The number of nitrogens with zero attached hydrogens (tertiary/aromatic N) is 3. The average molecular weight is 533 g/mol. The van der Waals surface area contributed by atoms with Crippen LogP contribution < -0.4 is 4.72 Å². The van der Waals surface area contributed by atoms with Crippen LogP contribution in [0, 0.1) is 19.8 Å². The van der Waals surface area contributed by atoms with E-state index in [2.05, 4.69) is 14.7 Å². The molecule has 0 saturated carbocycles. The van der Waals surface area contributed by atoms with Crippen molar-refractivity contribution in [3.05, 3.63) is 62.7 Å². The SMILES string of the molecule is Cc1cc2cc(S(=O)(=O)N[C@@H](Cc3cscn3)C(=O)N(Cc3csc(C)n3)CC(C)C)ccc2o1. The molecule has 1 aromatic carbocycles. The molecule has 4 aromatic rings. The number of carbonyl (C=O) groups excluding carboxylic acids is 1. The Hall–Kier alpha value is -2.60. The number of benzene rings is 1. The van der Waals surface area contributed by atoms with E-state index in [-0.39, 0.29) is 23.1 Å². The van der Waals surface area contributed by atoms with Crippen LogP contribution in [0.5, 0.6) is 0 Å². The van der Waals surface area contributed by atoms with Crippen LogP contribution in [0.15, 0.2) is 49.8 Å². The van der Waals surface area contributed by atoms with Crippen molar-refractivity contribution in [3.8, 4) is 0 Å². The van der Waals surface area contributed by atoms with Crippen LogP contribution in [0.1, 0.15) is 36.0 Å². The number of thiazole rings is 2. The maximum atomic E-state index is 13.8. The molecule has 1 amide bonds. The van der Waals surface area contributed by atoms with Gasteiger partial charge in [0.15, 0.2) is 0 Å². The molecule has 0 unspecified atom stereocenters. The molecule has 0 spiro atoms. The van der Waals surface area contributed by atoms with Crippen molar-refractivity contribution in [2.24, 2.45) is 5.92 Å². The van der Waals surface area contributed by atoms with Crippen LogP contribution in [0.3, 0.4) is 0 Å². The van der Waals surface area contributed by atoms with E-state index in [1.807, 2.05) is 38.5 Å². The number of aromatic nitrogens is 2. The lowest BCUT2D eigenvalue weighted by Crippen LogP contribution is -2.50. The van der Waals surface area contributed by atoms with Crippen LogP contribution in [-0.2, 0) is 27.8 Å². The summed E-state index contributed by atoms with van der Waals surface area (Å²) in [6.45, 7) is 8.56. The van der Waals surface area contributed by atoms with E-state index in [0.717, 1.165) is 10.7 Å². The van der Waals surface area contributed by atoms with Crippen molar-refractivity contribution in [3.63, 3.8) is 0 Å². The van der Waals surface area contributed by atoms with E-state index in [0.29, 0.717) is 35.5 Å². The summed E-state index contributed by atoms with van der Waals surface area (Å²) in [5.41, 5.74) is 3.73. The molecular formula is C24H28N4O4S3. The van der Waals surface area contributed by atoms with Gasteiger partial charge in [0, 0.05) is 29.1 Å². The van der Waals surface area contributed by atoms with Crippen LogP contribution in [-0.4, -0.2) is 41.8 Å². The summed E-state index contributed by atoms with van der Waals surface area (Å²) >= 11 is 2.93. The highest BCUT2D eigenvalue weighted by molar-refractivity contribution is 7.89. The van der Waals surface area contributed by atoms with E-state index >= 15 is 0 Å². The first kappa shape index (κ1) is 25.5. The second-order valence-corrected chi connectivity index (χ2v) is 12.4. The number of aryl methyl sites for hydroxylation is 2. The zero-order chi connectivity index (χ0) is 25.2. The largest absolute Gasteiger partial charge is 0.461 e. The maximum absolute atomic E-state index is 13.8. The molecule has 3 aromatic heterocycles. The molecule has 1 N–H and O–H groups in total. The minimum atomic E-state index is -4.00. The molecule has 0 aliphatic heterocycles. The second-order valence-electron chi connectivity index (χ2n) is 8.88. The predicted octanol–water partition coefficient (Wildman–Crippen LogP) is 4.54. The number of fused-ring (bicyclic) bond motifs is 1. The highest BCUT2D eigenvalue weighted by Gasteiger charge is 2.31. The minimum absolute atomic E-state index is 0.0763. The molecule has 0 aliphatic rings. The van der Waals surface area contributed by atoms with Crippen molar-refractivity contribution in [1.29, 1.82) is 0 Å².